The van der Waals surface area contributed by atoms with E-state index in [2.05, 4.69) is 4.72 Å². The van der Waals surface area contributed by atoms with E-state index >= 15 is 0 Å². The number of carbonyl (C=O) groups excluding carboxylic acids is 5. The monoisotopic (exact) mass is 515 g/mol. The van der Waals surface area contributed by atoms with Gasteiger partial charge in [0, 0.05) is 33.3 Å². The maximum absolute atomic E-state index is 13.1. The molecule has 1 aliphatic heterocycles. The zero-order valence-electron chi connectivity index (χ0n) is 19.3. The molecule has 0 saturated carbocycles. The van der Waals surface area contributed by atoms with E-state index in [-0.39, 0.29) is 10.5 Å². The summed E-state index contributed by atoms with van der Waals surface area (Å²) in [5.74, 6) is -3.28. The summed E-state index contributed by atoms with van der Waals surface area (Å²) >= 11 is 0. The standard InChI is InChI=1S/C21H25NO12S/c1-11(24)30-10-17-19(31-12(2)25)20(32-13(3)26)18(21(34-17)33-14(4)27)22-35(28,29)16-7-5-15(9-23)6-8-16/h5-9,17-22H,10H2,1-4H3/t17-,18-,19-,20-,21-/m0/s1. The fourth-order valence-corrected chi connectivity index (χ4v) is 4.50. The Balaban J connectivity index is 2.53. The molecule has 0 radical (unpaired) electrons. The zero-order chi connectivity index (χ0) is 26.3. The number of hydrogen-bond acceptors (Lipinski definition) is 12. The average molecular weight is 515 g/mol. The van der Waals surface area contributed by atoms with Gasteiger partial charge in [-0.15, -0.1) is 0 Å². The van der Waals surface area contributed by atoms with Gasteiger partial charge in [0.15, 0.2) is 12.2 Å². The summed E-state index contributed by atoms with van der Waals surface area (Å²) in [5, 5.41) is 0. The van der Waals surface area contributed by atoms with Crippen LogP contribution in [0, 0.1) is 0 Å². The molecule has 2 rings (SSSR count). The van der Waals surface area contributed by atoms with Gasteiger partial charge in [-0.3, -0.25) is 24.0 Å². The molecule has 13 nitrogen and oxygen atoms in total. The van der Waals surface area contributed by atoms with E-state index in [0.29, 0.717) is 6.29 Å². The lowest BCUT2D eigenvalue weighted by Gasteiger charge is -2.44. The second-order valence-corrected chi connectivity index (χ2v) is 9.15. The minimum atomic E-state index is -4.37. The van der Waals surface area contributed by atoms with Gasteiger partial charge in [-0.25, -0.2) is 8.42 Å². The number of hydrogen-bond donors (Lipinski definition) is 1. The number of aldehydes is 1. The first-order valence-corrected chi connectivity index (χ1v) is 11.7. The molecule has 1 aromatic rings. The van der Waals surface area contributed by atoms with Crippen LogP contribution in [0.4, 0.5) is 0 Å². The normalized spacial score (nSPS) is 24.1. The van der Waals surface area contributed by atoms with Crippen molar-refractivity contribution in [1.29, 1.82) is 0 Å². The summed E-state index contributed by atoms with van der Waals surface area (Å²) in [6, 6.07) is 3.26. The molecule has 0 amide bonds. The van der Waals surface area contributed by atoms with Crippen LogP contribution in [-0.4, -0.2) is 75.8 Å². The van der Waals surface area contributed by atoms with Crippen LogP contribution < -0.4 is 4.72 Å². The maximum Gasteiger partial charge on any atom is 0.304 e. The van der Waals surface area contributed by atoms with Crippen LogP contribution in [0.2, 0.25) is 0 Å². The molecular weight excluding hydrogens is 490 g/mol. The highest BCUT2D eigenvalue weighted by atomic mass is 32.2. The molecule has 1 N–H and O–H groups in total. The van der Waals surface area contributed by atoms with Gasteiger partial charge in [0.25, 0.3) is 0 Å². The van der Waals surface area contributed by atoms with Crippen LogP contribution in [0.1, 0.15) is 38.1 Å². The van der Waals surface area contributed by atoms with Crippen LogP contribution in [0.5, 0.6) is 0 Å². The molecule has 1 aromatic carbocycles. The minimum absolute atomic E-state index is 0.226. The van der Waals surface area contributed by atoms with Crippen molar-refractivity contribution < 1.29 is 56.1 Å². The topological polar surface area (TPSA) is 178 Å². The van der Waals surface area contributed by atoms with E-state index in [9.17, 15) is 32.4 Å². The Morgan fingerprint density at radius 2 is 1.43 bits per heavy atom. The van der Waals surface area contributed by atoms with Crippen LogP contribution in [0.25, 0.3) is 0 Å². The highest BCUT2D eigenvalue weighted by Crippen LogP contribution is 2.29. The van der Waals surface area contributed by atoms with Crippen molar-refractivity contribution in [2.24, 2.45) is 0 Å². The van der Waals surface area contributed by atoms with Gasteiger partial charge in [-0.1, -0.05) is 12.1 Å². The molecule has 1 fully saturated rings. The number of esters is 4. The summed E-state index contributed by atoms with van der Waals surface area (Å²) in [6.45, 7) is 3.75. The number of nitrogens with one attached hydrogen (secondary N) is 1. The Morgan fingerprint density at radius 1 is 0.886 bits per heavy atom. The number of rotatable bonds is 9. The molecular formula is C21H25NO12S. The van der Waals surface area contributed by atoms with Crippen molar-refractivity contribution in [2.75, 3.05) is 6.61 Å². The number of benzene rings is 1. The van der Waals surface area contributed by atoms with Gasteiger partial charge < -0.3 is 23.7 Å². The Kier molecular flexibility index (Phi) is 9.45. The van der Waals surface area contributed by atoms with E-state index in [4.69, 9.17) is 23.7 Å². The molecule has 0 aliphatic carbocycles. The fourth-order valence-electron chi connectivity index (χ4n) is 3.27. The lowest BCUT2D eigenvalue weighted by atomic mass is 9.97. The van der Waals surface area contributed by atoms with Crippen molar-refractivity contribution in [3.63, 3.8) is 0 Å². The molecule has 0 spiro atoms. The lowest BCUT2D eigenvalue weighted by Crippen LogP contribution is -2.66. The molecule has 1 saturated heterocycles. The number of sulfonamides is 1. The Bertz CT molecular complexity index is 1070. The first-order chi connectivity index (χ1) is 16.3. The average Bonchev–Trinajstić information content (AvgIpc) is 2.75. The third-order valence-corrected chi connectivity index (χ3v) is 6.08. The van der Waals surface area contributed by atoms with Crippen LogP contribution in [-0.2, 0) is 52.9 Å². The highest BCUT2D eigenvalue weighted by molar-refractivity contribution is 7.89. The minimum Gasteiger partial charge on any atom is -0.463 e. The molecule has 35 heavy (non-hydrogen) atoms. The van der Waals surface area contributed by atoms with Crippen molar-refractivity contribution in [3.05, 3.63) is 29.8 Å². The predicted molar refractivity (Wildman–Crippen MR) is 114 cm³/mol. The van der Waals surface area contributed by atoms with Gasteiger partial charge in [0.1, 0.15) is 25.0 Å². The predicted octanol–water partition coefficient (Wildman–Crippen LogP) is -0.139. The Hall–Kier alpha value is -3.36. The summed E-state index contributed by atoms with van der Waals surface area (Å²) in [7, 11) is -4.37. The van der Waals surface area contributed by atoms with E-state index < -0.39 is 71.2 Å². The first-order valence-electron chi connectivity index (χ1n) is 10.2. The van der Waals surface area contributed by atoms with Crippen molar-refractivity contribution in [2.45, 2.75) is 63.2 Å². The molecule has 1 aliphatic rings. The zero-order valence-corrected chi connectivity index (χ0v) is 20.1. The third kappa shape index (κ3) is 7.83. The van der Waals surface area contributed by atoms with E-state index in [1.54, 1.807) is 0 Å². The second-order valence-electron chi connectivity index (χ2n) is 7.44. The van der Waals surface area contributed by atoms with E-state index in [1.165, 1.54) is 12.1 Å². The van der Waals surface area contributed by atoms with Crippen LogP contribution in [0.15, 0.2) is 29.2 Å². The van der Waals surface area contributed by atoms with E-state index in [0.717, 1.165) is 39.8 Å². The third-order valence-electron chi connectivity index (χ3n) is 4.60. The van der Waals surface area contributed by atoms with Gasteiger partial charge in [-0.05, 0) is 12.1 Å². The van der Waals surface area contributed by atoms with Crippen molar-refractivity contribution in [3.8, 4) is 0 Å². The van der Waals surface area contributed by atoms with Gasteiger partial charge >= 0.3 is 23.9 Å². The highest BCUT2D eigenvalue weighted by Gasteiger charge is 2.53. The SMILES string of the molecule is CC(=O)OC[C@@H]1O[C@H](OC(C)=O)[C@@H](NS(=O)(=O)c2ccc(C=O)cc2)[C@H](OC(C)=O)[C@H]1OC(C)=O. The Morgan fingerprint density at radius 3 is 1.91 bits per heavy atom. The van der Waals surface area contributed by atoms with Crippen molar-refractivity contribution in [1.82, 2.24) is 4.72 Å². The molecule has 5 atom stereocenters. The van der Waals surface area contributed by atoms with Gasteiger partial charge in [-0.2, -0.15) is 4.72 Å². The van der Waals surface area contributed by atoms with Crippen LogP contribution in [0.3, 0.4) is 0 Å². The molecule has 0 aromatic heterocycles. The fraction of sp³-hybridized carbons (Fsp3) is 0.476. The Labute approximate surface area is 201 Å². The summed E-state index contributed by atoms with van der Waals surface area (Å²) in [4.78, 5) is 57.3. The number of ether oxygens (including phenoxy) is 5. The quantitative estimate of drug-likeness (QED) is 0.262. The van der Waals surface area contributed by atoms with E-state index in [1.807, 2.05) is 0 Å². The largest absolute Gasteiger partial charge is 0.463 e. The van der Waals surface area contributed by atoms with Crippen molar-refractivity contribution >= 4 is 40.2 Å². The molecule has 0 unspecified atom stereocenters. The van der Waals surface area contributed by atoms with Gasteiger partial charge in [0.2, 0.25) is 16.3 Å². The molecule has 1 heterocycles. The first kappa shape index (κ1) is 27.9. The lowest BCUT2D eigenvalue weighted by molar-refractivity contribution is -0.269. The van der Waals surface area contributed by atoms with Crippen LogP contribution >= 0.6 is 0 Å². The molecule has 192 valence electrons. The summed E-state index contributed by atoms with van der Waals surface area (Å²) in [6.07, 6.45) is -5.44. The second kappa shape index (κ2) is 11.9. The maximum atomic E-state index is 13.1. The van der Waals surface area contributed by atoms with Gasteiger partial charge in [0.05, 0.1) is 4.90 Å². The summed E-state index contributed by atoms with van der Waals surface area (Å²) < 4.78 is 54.6. The number of carbonyl (C=O) groups is 5. The smallest absolute Gasteiger partial charge is 0.304 e. The molecule has 0 bridgehead atoms. The molecule has 14 heteroatoms. The summed E-state index contributed by atoms with van der Waals surface area (Å²) in [5.41, 5.74) is 0.226.